The fourth-order valence-electron chi connectivity index (χ4n) is 1.75. The van der Waals surface area contributed by atoms with Gasteiger partial charge < -0.3 is 14.0 Å². The zero-order chi connectivity index (χ0) is 15.1. The van der Waals surface area contributed by atoms with Crippen LogP contribution in [0.1, 0.15) is 41.5 Å². The second kappa shape index (κ2) is 5.17. The normalized spacial score (nSPS) is 20.5. The Morgan fingerprint density at radius 1 is 1.20 bits per heavy atom. The van der Waals surface area contributed by atoms with E-state index in [1.165, 1.54) is 0 Å². The van der Waals surface area contributed by atoms with Crippen molar-refractivity contribution in [2.75, 3.05) is 0 Å². The summed E-state index contributed by atoms with van der Waals surface area (Å²) in [4.78, 5) is 8.27. The summed E-state index contributed by atoms with van der Waals surface area (Å²) in [6, 6.07) is 0.255. The van der Waals surface area contributed by atoms with Gasteiger partial charge in [0.25, 0.3) is 0 Å². The van der Waals surface area contributed by atoms with Crippen LogP contribution in [0.3, 0.4) is 0 Å². The molecular weight excluding hydrogens is 278 g/mol. The summed E-state index contributed by atoms with van der Waals surface area (Å²) >= 11 is 6.19. The van der Waals surface area contributed by atoms with Gasteiger partial charge in [0.15, 0.2) is 0 Å². The maximum Gasteiger partial charge on any atom is 0.499 e. The molecule has 5 nitrogen and oxygen atoms in total. The molecule has 2 heterocycles. The quantitative estimate of drug-likeness (QED) is 0.632. The fraction of sp³-hybridized carbons (Fsp3) is 0.692. The molecule has 20 heavy (non-hydrogen) atoms. The molecule has 0 aliphatic carbocycles. The van der Waals surface area contributed by atoms with Crippen molar-refractivity contribution < 1.29 is 14.0 Å². The lowest BCUT2D eigenvalue weighted by Crippen LogP contribution is -2.41. The molecule has 110 valence electrons. The molecule has 1 aromatic heterocycles. The van der Waals surface area contributed by atoms with Crippen LogP contribution in [0.2, 0.25) is 5.15 Å². The van der Waals surface area contributed by atoms with Gasteiger partial charge in [-0.2, -0.15) is 4.98 Å². The Morgan fingerprint density at radius 3 is 2.20 bits per heavy atom. The lowest BCUT2D eigenvalue weighted by molar-refractivity contribution is 0.00578. The van der Waals surface area contributed by atoms with E-state index in [1.807, 2.05) is 41.5 Å². The Labute approximate surface area is 125 Å². The van der Waals surface area contributed by atoms with E-state index in [0.717, 1.165) is 0 Å². The smallest absolute Gasteiger partial charge is 0.461 e. The van der Waals surface area contributed by atoms with Gasteiger partial charge in [0.1, 0.15) is 5.15 Å². The van der Waals surface area contributed by atoms with Crippen molar-refractivity contribution in [3.63, 3.8) is 0 Å². The molecule has 2 rings (SSSR count). The van der Waals surface area contributed by atoms with Gasteiger partial charge in [-0.15, -0.1) is 0 Å². The zero-order valence-corrected chi connectivity index (χ0v) is 13.5. The van der Waals surface area contributed by atoms with Crippen molar-refractivity contribution in [2.24, 2.45) is 0 Å². The molecule has 1 fully saturated rings. The van der Waals surface area contributed by atoms with Crippen molar-refractivity contribution in [3.05, 3.63) is 11.3 Å². The van der Waals surface area contributed by atoms with E-state index in [-0.39, 0.29) is 17.3 Å². The Kier molecular flexibility index (Phi) is 4.02. The van der Waals surface area contributed by atoms with Crippen molar-refractivity contribution in [1.29, 1.82) is 0 Å². The lowest BCUT2D eigenvalue weighted by Gasteiger charge is -2.32. The van der Waals surface area contributed by atoms with Gasteiger partial charge in [-0.1, -0.05) is 11.6 Å². The fourth-order valence-corrected chi connectivity index (χ4v) is 1.96. The number of hydrogen-bond donors (Lipinski definition) is 0. The molecule has 0 unspecified atom stereocenters. The van der Waals surface area contributed by atoms with E-state index >= 15 is 0 Å². The molecule has 7 heteroatoms. The molecule has 1 saturated heterocycles. The minimum Gasteiger partial charge on any atom is -0.461 e. The van der Waals surface area contributed by atoms with Gasteiger partial charge in [0, 0.05) is 11.7 Å². The second-order valence-corrected chi connectivity index (χ2v) is 6.51. The molecule has 1 aliphatic rings. The zero-order valence-electron chi connectivity index (χ0n) is 12.7. The first-order valence-electron chi connectivity index (χ1n) is 6.67. The van der Waals surface area contributed by atoms with Crippen LogP contribution in [-0.4, -0.2) is 34.4 Å². The van der Waals surface area contributed by atoms with E-state index < -0.39 is 18.3 Å². The third kappa shape index (κ3) is 2.92. The molecule has 0 radical (unpaired) electrons. The molecule has 0 bridgehead atoms. The SMILES string of the molecule is CC(C)Oc1ncc(B2OC(C)(C)C(C)(C)O2)c(Cl)n1. The highest BCUT2D eigenvalue weighted by molar-refractivity contribution is 6.65. The molecule has 0 spiro atoms. The van der Waals surface area contributed by atoms with Crippen LogP contribution in [-0.2, 0) is 9.31 Å². The summed E-state index contributed by atoms with van der Waals surface area (Å²) in [6.07, 6.45) is 1.59. The average molecular weight is 299 g/mol. The van der Waals surface area contributed by atoms with Gasteiger partial charge in [-0.25, -0.2) is 4.98 Å². The van der Waals surface area contributed by atoms with Crippen LogP contribution in [0, 0.1) is 0 Å². The van der Waals surface area contributed by atoms with Crippen molar-refractivity contribution in [3.8, 4) is 6.01 Å². The molecule has 0 saturated carbocycles. The van der Waals surface area contributed by atoms with E-state index in [1.54, 1.807) is 6.20 Å². The number of rotatable bonds is 3. The summed E-state index contributed by atoms with van der Waals surface area (Å²) in [5.41, 5.74) is -0.233. The highest BCUT2D eigenvalue weighted by Gasteiger charge is 2.52. The maximum atomic E-state index is 6.19. The highest BCUT2D eigenvalue weighted by Crippen LogP contribution is 2.36. The van der Waals surface area contributed by atoms with Crippen molar-refractivity contribution >= 4 is 24.2 Å². The average Bonchev–Trinajstić information content (AvgIpc) is 2.46. The third-order valence-corrected chi connectivity index (χ3v) is 3.90. The maximum absolute atomic E-state index is 6.19. The van der Waals surface area contributed by atoms with Gasteiger partial charge in [0.05, 0.1) is 17.3 Å². The van der Waals surface area contributed by atoms with Crippen LogP contribution in [0.25, 0.3) is 0 Å². The monoisotopic (exact) mass is 298 g/mol. The third-order valence-electron chi connectivity index (χ3n) is 3.59. The first-order chi connectivity index (χ1) is 9.12. The lowest BCUT2D eigenvalue weighted by atomic mass is 9.81. The van der Waals surface area contributed by atoms with Crippen LogP contribution in [0.15, 0.2) is 6.20 Å². The second-order valence-electron chi connectivity index (χ2n) is 6.15. The predicted molar refractivity (Wildman–Crippen MR) is 78.5 cm³/mol. The number of ether oxygens (including phenoxy) is 1. The highest BCUT2D eigenvalue weighted by atomic mass is 35.5. The summed E-state index contributed by atoms with van der Waals surface area (Å²) in [7, 11) is -0.569. The minimum absolute atomic E-state index is 0.00577. The number of hydrogen-bond acceptors (Lipinski definition) is 5. The Balaban J connectivity index is 2.23. The molecule has 0 amide bonds. The summed E-state index contributed by atoms with van der Waals surface area (Å²) in [6.45, 7) is 11.7. The topological polar surface area (TPSA) is 53.5 Å². The van der Waals surface area contributed by atoms with E-state index in [9.17, 15) is 0 Å². The van der Waals surface area contributed by atoms with Crippen LogP contribution in [0.5, 0.6) is 6.01 Å². The van der Waals surface area contributed by atoms with E-state index in [0.29, 0.717) is 5.46 Å². The Bertz CT molecular complexity index is 492. The molecule has 0 aromatic carbocycles. The van der Waals surface area contributed by atoms with Gasteiger partial charge in [-0.05, 0) is 41.5 Å². The van der Waals surface area contributed by atoms with Crippen LogP contribution in [0.4, 0.5) is 0 Å². The molecular formula is C13H20BClN2O3. The van der Waals surface area contributed by atoms with E-state index in [2.05, 4.69) is 9.97 Å². The Morgan fingerprint density at radius 2 is 1.75 bits per heavy atom. The van der Waals surface area contributed by atoms with Gasteiger partial charge in [-0.3, -0.25) is 0 Å². The minimum atomic E-state index is -0.569. The molecule has 1 aromatic rings. The van der Waals surface area contributed by atoms with Crippen molar-refractivity contribution in [1.82, 2.24) is 9.97 Å². The van der Waals surface area contributed by atoms with Crippen molar-refractivity contribution in [2.45, 2.75) is 58.8 Å². The number of aromatic nitrogens is 2. The Hall–Kier alpha value is -0.845. The largest absolute Gasteiger partial charge is 0.499 e. The first kappa shape index (κ1) is 15.5. The standard InChI is InChI=1S/C13H20BClN2O3/c1-8(2)18-11-16-7-9(10(15)17-11)14-19-12(3,4)13(5,6)20-14/h7-8H,1-6H3. The first-order valence-corrected chi connectivity index (χ1v) is 7.05. The van der Waals surface area contributed by atoms with Gasteiger partial charge >= 0.3 is 13.1 Å². The number of halogens is 1. The van der Waals surface area contributed by atoms with Crippen LogP contribution >= 0.6 is 11.6 Å². The summed E-state index contributed by atoms with van der Waals surface area (Å²) < 4.78 is 17.3. The van der Waals surface area contributed by atoms with Gasteiger partial charge in [0.2, 0.25) is 0 Å². The summed E-state index contributed by atoms with van der Waals surface area (Å²) in [5.74, 6) is 0. The molecule has 0 N–H and O–H groups in total. The van der Waals surface area contributed by atoms with E-state index in [4.69, 9.17) is 25.6 Å². The predicted octanol–water partition coefficient (Wildman–Crippen LogP) is 2.22. The molecule has 1 aliphatic heterocycles. The summed E-state index contributed by atoms with van der Waals surface area (Å²) in [5, 5.41) is 0.286. The molecule has 0 atom stereocenters. The van der Waals surface area contributed by atoms with Crippen LogP contribution < -0.4 is 10.2 Å². The number of nitrogens with zero attached hydrogens (tertiary/aromatic N) is 2.